The maximum absolute atomic E-state index is 13.0. The van der Waals surface area contributed by atoms with Crippen molar-refractivity contribution in [2.45, 2.75) is 16.6 Å². The SMILES string of the molecule is O=C(Cc1ccccc1)NCC(c1ccco1)S(=O)(=O)c1ccccc1. The van der Waals surface area contributed by atoms with E-state index in [0.717, 1.165) is 5.56 Å². The highest BCUT2D eigenvalue weighted by Gasteiger charge is 2.31. The van der Waals surface area contributed by atoms with E-state index in [2.05, 4.69) is 5.32 Å². The number of sulfone groups is 1. The van der Waals surface area contributed by atoms with Crippen LogP contribution in [-0.2, 0) is 21.1 Å². The van der Waals surface area contributed by atoms with Gasteiger partial charge in [-0.2, -0.15) is 0 Å². The lowest BCUT2D eigenvalue weighted by atomic mass is 10.1. The van der Waals surface area contributed by atoms with E-state index in [9.17, 15) is 13.2 Å². The molecule has 0 bridgehead atoms. The quantitative estimate of drug-likeness (QED) is 0.694. The highest BCUT2D eigenvalue weighted by atomic mass is 32.2. The van der Waals surface area contributed by atoms with E-state index in [4.69, 9.17) is 4.42 Å². The summed E-state index contributed by atoms with van der Waals surface area (Å²) in [5.74, 6) is 0.0601. The molecule has 0 saturated carbocycles. The molecule has 0 aliphatic carbocycles. The molecule has 1 atom stereocenters. The fourth-order valence-corrected chi connectivity index (χ4v) is 4.27. The first-order chi connectivity index (χ1) is 12.6. The number of furan rings is 1. The molecule has 1 heterocycles. The van der Waals surface area contributed by atoms with Gasteiger partial charge in [0.15, 0.2) is 9.84 Å². The van der Waals surface area contributed by atoms with Crippen LogP contribution in [0.3, 0.4) is 0 Å². The van der Waals surface area contributed by atoms with E-state index < -0.39 is 15.1 Å². The Hall–Kier alpha value is -2.86. The first-order valence-electron chi connectivity index (χ1n) is 8.20. The van der Waals surface area contributed by atoms with E-state index >= 15 is 0 Å². The van der Waals surface area contributed by atoms with Gasteiger partial charge in [0.25, 0.3) is 0 Å². The van der Waals surface area contributed by atoms with E-state index in [0.29, 0.717) is 5.76 Å². The molecule has 0 spiro atoms. The van der Waals surface area contributed by atoms with Crippen LogP contribution in [0.4, 0.5) is 0 Å². The molecule has 0 fully saturated rings. The van der Waals surface area contributed by atoms with Gasteiger partial charge in [-0.05, 0) is 29.8 Å². The Labute approximate surface area is 152 Å². The smallest absolute Gasteiger partial charge is 0.224 e. The summed E-state index contributed by atoms with van der Waals surface area (Å²) in [4.78, 5) is 12.4. The molecule has 2 aromatic carbocycles. The second-order valence-electron chi connectivity index (χ2n) is 5.83. The van der Waals surface area contributed by atoms with Crippen LogP contribution in [-0.4, -0.2) is 20.9 Å². The second kappa shape index (κ2) is 8.01. The van der Waals surface area contributed by atoms with E-state index in [1.54, 1.807) is 30.3 Å². The Morgan fingerprint density at radius 2 is 1.58 bits per heavy atom. The molecule has 3 aromatic rings. The van der Waals surface area contributed by atoms with Gasteiger partial charge in [0.2, 0.25) is 5.91 Å². The van der Waals surface area contributed by atoms with Crippen LogP contribution in [0.2, 0.25) is 0 Å². The predicted octanol–water partition coefficient (Wildman–Crippen LogP) is 3.15. The molecule has 26 heavy (non-hydrogen) atoms. The van der Waals surface area contributed by atoms with Crippen molar-refractivity contribution in [3.63, 3.8) is 0 Å². The van der Waals surface area contributed by atoms with Crippen molar-refractivity contribution in [2.75, 3.05) is 6.54 Å². The number of rotatable bonds is 7. The summed E-state index contributed by atoms with van der Waals surface area (Å²) in [7, 11) is -3.70. The molecule has 0 saturated heterocycles. The summed E-state index contributed by atoms with van der Waals surface area (Å²) in [6.07, 6.45) is 1.62. The van der Waals surface area contributed by atoms with Gasteiger partial charge in [0.1, 0.15) is 11.0 Å². The zero-order chi connectivity index (χ0) is 18.4. The van der Waals surface area contributed by atoms with Gasteiger partial charge in [-0.3, -0.25) is 4.79 Å². The Bertz CT molecular complexity index is 936. The number of nitrogens with one attached hydrogen (secondary N) is 1. The summed E-state index contributed by atoms with van der Waals surface area (Å²) in [5.41, 5.74) is 0.866. The van der Waals surface area contributed by atoms with Gasteiger partial charge in [-0.25, -0.2) is 8.42 Å². The first-order valence-corrected chi connectivity index (χ1v) is 9.75. The van der Waals surface area contributed by atoms with Gasteiger partial charge in [0.05, 0.1) is 17.6 Å². The van der Waals surface area contributed by atoms with Crippen molar-refractivity contribution in [3.05, 3.63) is 90.4 Å². The van der Waals surface area contributed by atoms with Crippen LogP contribution in [0.25, 0.3) is 0 Å². The van der Waals surface area contributed by atoms with Gasteiger partial charge in [-0.1, -0.05) is 48.5 Å². The highest BCUT2D eigenvalue weighted by Crippen LogP contribution is 2.28. The average molecular weight is 369 g/mol. The van der Waals surface area contributed by atoms with Crippen LogP contribution in [0.15, 0.2) is 88.4 Å². The Morgan fingerprint density at radius 3 is 2.19 bits per heavy atom. The molecule has 1 unspecified atom stereocenters. The van der Waals surface area contributed by atoms with Crippen LogP contribution < -0.4 is 5.32 Å². The Balaban J connectivity index is 1.77. The molecule has 134 valence electrons. The lowest BCUT2D eigenvalue weighted by Gasteiger charge is -2.16. The third-order valence-corrected chi connectivity index (χ3v) is 6.08. The fraction of sp³-hybridized carbons (Fsp3) is 0.150. The first kappa shape index (κ1) is 17.9. The molecule has 0 aliphatic heterocycles. The third-order valence-electron chi connectivity index (χ3n) is 4.00. The zero-order valence-corrected chi connectivity index (χ0v) is 14.9. The highest BCUT2D eigenvalue weighted by molar-refractivity contribution is 7.91. The van der Waals surface area contributed by atoms with Crippen LogP contribution in [0.5, 0.6) is 0 Å². The van der Waals surface area contributed by atoms with Crippen molar-refractivity contribution in [2.24, 2.45) is 0 Å². The standard InChI is InChI=1S/C20H19NO4S/c22-20(14-16-8-3-1-4-9-16)21-15-19(18-12-7-13-25-18)26(23,24)17-10-5-2-6-11-17/h1-13,19H,14-15H2,(H,21,22). The molecule has 1 aromatic heterocycles. The molecule has 5 nitrogen and oxygen atoms in total. The van der Waals surface area contributed by atoms with Crippen molar-refractivity contribution in [3.8, 4) is 0 Å². The molecule has 0 aliphatic rings. The third kappa shape index (κ3) is 4.21. The molecule has 6 heteroatoms. The second-order valence-corrected chi connectivity index (χ2v) is 7.96. The Morgan fingerprint density at radius 1 is 0.923 bits per heavy atom. The summed E-state index contributed by atoms with van der Waals surface area (Å²) in [5, 5.41) is 1.73. The minimum Gasteiger partial charge on any atom is -0.468 e. The zero-order valence-electron chi connectivity index (χ0n) is 14.0. The number of carbonyl (C=O) groups excluding carboxylic acids is 1. The maximum Gasteiger partial charge on any atom is 0.224 e. The fourth-order valence-electron chi connectivity index (χ4n) is 2.66. The molecule has 3 rings (SSSR count). The summed E-state index contributed by atoms with van der Waals surface area (Å²) >= 11 is 0. The van der Waals surface area contributed by atoms with Gasteiger partial charge < -0.3 is 9.73 Å². The van der Waals surface area contributed by atoms with Crippen LogP contribution in [0.1, 0.15) is 16.6 Å². The van der Waals surface area contributed by atoms with Crippen molar-refractivity contribution < 1.29 is 17.6 Å². The minimum atomic E-state index is -3.70. The topological polar surface area (TPSA) is 76.4 Å². The van der Waals surface area contributed by atoms with Gasteiger partial charge >= 0.3 is 0 Å². The summed E-state index contributed by atoms with van der Waals surface area (Å²) < 4.78 is 31.3. The molecule has 1 amide bonds. The summed E-state index contributed by atoms with van der Waals surface area (Å²) in [6.45, 7) is -0.0591. The predicted molar refractivity (Wildman–Crippen MR) is 98.2 cm³/mol. The number of carbonyl (C=O) groups is 1. The Kier molecular flexibility index (Phi) is 5.53. The monoisotopic (exact) mass is 369 g/mol. The number of amides is 1. The van der Waals surface area contributed by atoms with Gasteiger partial charge in [-0.15, -0.1) is 0 Å². The average Bonchev–Trinajstić information content (AvgIpc) is 3.17. The van der Waals surface area contributed by atoms with E-state index in [1.807, 2.05) is 30.3 Å². The number of benzene rings is 2. The molecule has 1 N–H and O–H groups in total. The van der Waals surface area contributed by atoms with Crippen LogP contribution in [0, 0.1) is 0 Å². The number of hydrogen-bond acceptors (Lipinski definition) is 4. The lowest BCUT2D eigenvalue weighted by Crippen LogP contribution is -2.32. The van der Waals surface area contributed by atoms with Crippen LogP contribution >= 0.6 is 0 Å². The van der Waals surface area contributed by atoms with Crippen molar-refractivity contribution in [1.29, 1.82) is 0 Å². The van der Waals surface area contributed by atoms with Crippen molar-refractivity contribution in [1.82, 2.24) is 5.32 Å². The minimum absolute atomic E-state index is 0.0591. The normalized spacial score (nSPS) is 12.5. The number of hydrogen-bond donors (Lipinski definition) is 1. The molecule has 0 radical (unpaired) electrons. The van der Waals surface area contributed by atoms with E-state index in [-0.39, 0.29) is 23.8 Å². The molecular weight excluding hydrogens is 350 g/mol. The van der Waals surface area contributed by atoms with Crippen molar-refractivity contribution >= 4 is 15.7 Å². The lowest BCUT2D eigenvalue weighted by molar-refractivity contribution is -0.120. The maximum atomic E-state index is 13.0. The largest absolute Gasteiger partial charge is 0.468 e. The van der Waals surface area contributed by atoms with Gasteiger partial charge in [0, 0.05) is 6.54 Å². The molecular formula is C20H19NO4S. The summed E-state index contributed by atoms with van der Waals surface area (Å²) in [6, 6.07) is 20.7. The van der Waals surface area contributed by atoms with E-state index in [1.165, 1.54) is 18.4 Å².